The van der Waals surface area contributed by atoms with E-state index in [1.807, 2.05) is 0 Å². The first-order valence-corrected chi connectivity index (χ1v) is 7.45. The molecule has 1 unspecified atom stereocenters. The number of carbonyl (C=O) groups is 1. The maximum absolute atomic E-state index is 12.0. The molecular weight excluding hydrogens is 240 g/mol. The van der Waals surface area contributed by atoms with Gasteiger partial charge in [-0.05, 0) is 40.0 Å². The third kappa shape index (κ3) is 3.69. The zero-order valence-electron chi connectivity index (χ0n) is 11.6. The van der Waals surface area contributed by atoms with Gasteiger partial charge in [0.15, 0.2) is 9.84 Å². The lowest BCUT2D eigenvalue weighted by Gasteiger charge is -2.30. The van der Waals surface area contributed by atoms with Crippen molar-refractivity contribution in [3.63, 3.8) is 0 Å². The number of aliphatic carboxylic acids is 1. The minimum Gasteiger partial charge on any atom is -0.481 e. The predicted molar refractivity (Wildman–Crippen MR) is 68.7 cm³/mol. The van der Waals surface area contributed by atoms with E-state index in [-0.39, 0.29) is 18.1 Å². The third-order valence-electron chi connectivity index (χ3n) is 3.59. The molecule has 102 valence electrons. The average Bonchev–Trinajstić information content (AvgIpc) is 2.11. The summed E-state index contributed by atoms with van der Waals surface area (Å²) < 4.78 is 23.1. The summed E-state index contributed by atoms with van der Waals surface area (Å²) in [6.45, 7) is 10.1. The molecule has 0 spiro atoms. The quantitative estimate of drug-likeness (QED) is 0.827. The Labute approximate surface area is 104 Å². The van der Waals surface area contributed by atoms with E-state index >= 15 is 0 Å². The molecule has 0 radical (unpaired) electrons. The van der Waals surface area contributed by atoms with Crippen LogP contribution < -0.4 is 0 Å². The van der Waals surface area contributed by atoms with Crippen LogP contribution >= 0.6 is 0 Å². The van der Waals surface area contributed by atoms with Gasteiger partial charge in [-0.2, -0.15) is 0 Å². The molecule has 1 atom stereocenters. The molecule has 5 heteroatoms. The largest absolute Gasteiger partial charge is 0.481 e. The lowest BCUT2D eigenvalue weighted by Crippen LogP contribution is -2.38. The zero-order chi connectivity index (χ0) is 14.1. The lowest BCUT2D eigenvalue weighted by atomic mass is 9.77. The second-order valence-electron chi connectivity index (χ2n) is 6.06. The Morgan fingerprint density at radius 3 is 1.82 bits per heavy atom. The number of carboxylic acids is 1. The minimum atomic E-state index is -3.26. The van der Waals surface area contributed by atoms with Crippen LogP contribution in [-0.2, 0) is 14.6 Å². The fraction of sp³-hybridized carbons (Fsp3) is 0.917. The van der Waals surface area contributed by atoms with E-state index in [4.69, 9.17) is 0 Å². The smallest absolute Gasteiger partial charge is 0.309 e. The predicted octanol–water partition coefficient (Wildman–Crippen LogP) is 2.34. The van der Waals surface area contributed by atoms with Crippen LogP contribution in [-0.4, -0.2) is 30.0 Å². The summed E-state index contributed by atoms with van der Waals surface area (Å²) >= 11 is 0. The van der Waals surface area contributed by atoms with Gasteiger partial charge in [-0.25, -0.2) is 8.42 Å². The number of sulfone groups is 1. The molecule has 0 fully saturated rings. The zero-order valence-corrected chi connectivity index (χ0v) is 12.4. The molecule has 0 aliphatic carbocycles. The van der Waals surface area contributed by atoms with Crippen LogP contribution in [0.25, 0.3) is 0 Å². The van der Waals surface area contributed by atoms with Crippen LogP contribution in [0.2, 0.25) is 0 Å². The summed E-state index contributed by atoms with van der Waals surface area (Å²) in [5.41, 5.74) is -0.988. The van der Waals surface area contributed by atoms with Crippen molar-refractivity contribution in [2.24, 2.45) is 11.3 Å². The standard InChI is InChI=1S/C12H24O4S/c1-9(2)12(6,10(13)14)7-8-17(15,16)11(3,4)5/h9H,7-8H2,1-6H3,(H,13,14). The Hall–Kier alpha value is -0.580. The van der Waals surface area contributed by atoms with E-state index in [0.717, 1.165) is 0 Å². The fourth-order valence-corrected chi connectivity index (χ4v) is 2.60. The molecular formula is C12H24O4S. The lowest BCUT2D eigenvalue weighted by molar-refractivity contribution is -0.150. The van der Waals surface area contributed by atoms with Crippen molar-refractivity contribution in [1.82, 2.24) is 0 Å². The van der Waals surface area contributed by atoms with Crippen LogP contribution in [0.15, 0.2) is 0 Å². The molecule has 0 aromatic carbocycles. The van der Waals surface area contributed by atoms with E-state index in [1.165, 1.54) is 0 Å². The molecule has 0 heterocycles. The Kier molecular flexibility index (Phi) is 4.79. The molecule has 4 nitrogen and oxygen atoms in total. The second kappa shape index (κ2) is 4.96. The van der Waals surface area contributed by atoms with Crippen molar-refractivity contribution < 1.29 is 18.3 Å². The third-order valence-corrected chi connectivity index (χ3v) is 6.19. The van der Waals surface area contributed by atoms with Gasteiger partial charge in [0.1, 0.15) is 0 Å². The first kappa shape index (κ1) is 16.4. The topological polar surface area (TPSA) is 71.4 Å². The summed E-state index contributed by atoms with van der Waals surface area (Å²) in [5, 5.41) is 9.21. The van der Waals surface area contributed by atoms with E-state index in [2.05, 4.69) is 0 Å². The van der Waals surface area contributed by atoms with Crippen LogP contribution in [0.1, 0.15) is 48.0 Å². The molecule has 0 aliphatic rings. The van der Waals surface area contributed by atoms with Gasteiger partial charge in [0.2, 0.25) is 0 Å². The van der Waals surface area contributed by atoms with Crippen LogP contribution in [0.3, 0.4) is 0 Å². The van der Waals surface area contributed by atoms with Gasteiger partial charge in [0, 0.05) is 0 Å². The number of hydrogen-bond donors (Lipinski definition) is 1. The molecule has 0 amide bonds. The molecule has 0 aromatic heterocycles. The highest BCUT2D eigenvalue weighted by Crippen LogP contribution is 2.33. The van der Waals surface area contributed by atoms with Crippen LogP contribution in [0, 0.1) is 11.3 Å². The van der Waals surface area contributed by atoms with Crippen LogP contribution in [0.4, 0.5) is 0 Å². The Bertz CT molecular complexity index is 376. The van der Waals surface area contributed by atoms with E-state index in [1.54, 1.807) is 41.5 Å². The summed E-state index contributed by atoms with van der Waals surface area (Å²) in [5.74, 6) is -1.12. The highest BCUT2D eigenvalue weighted by molar-refractivity contribution is 7.92. The van der Waals surface area contributed by atoms with Crippen molar-refractivity contribution in [3.05, 3.63) is 0 Å². The van der Waals surface area contributed by atoms with Crippen molar-refractivity contribution in [2.75, 3.05) is 5.75 Å². The molecule has 17 heavy (non-hydrogen) atoms. The Morgan fingerprint density at radius 2 is 1.59 bits per heavy atom. The van der Waals surface area contributed by atoms with Gasteiger partial charge in [-0.1, -0.05) is 13.8 Å². The number of carboxylic acid groups (broad SMARTS) is 1. The van der Waals surface area contributed by atoms with Crippen molar-refractivity contribution in [2.45, 2.75) is 52.7 Å². The molecule has 0 aromatic rings. The molecule has 0 saturated carbocycles. The van der Waals surface area contributed by atoms with Gasteiger partial charge in [0.05, 0.1) is 15.9 Å². The summed E-state index contributed by atoms with van der Waals surface area (Å²) in [4.78, 5) is 11.2. The number of hydrogen-bond acceptors (Lipinski definition) is 3. The molecule has 0 aliphatic heterocycles. The monoisotopic (exact) mass is 264 g/mol. The van der Waals surface area contributed by atoms with Gasteiger partial charge < -0.3 is 5.11 Å². The summed E-state index contributed by atoms with van der Waals surface area (Å²) in [6.07, 6.45) is 0.152. The maximum Gasteiger partial charge on any atom is 0.309 e. The van der Waals surface area contributed by atoms with Crippen molar-refractivity contribution in [1.29, 1.82) is 0 Å². The number of rotatable bonds is 5. The van der Waals surface area contributed by atoms with E-state index in [9.17, 15) is 18.3 Å². The second-order valence-corrected chi connectivity index (χ2v) is 8.92. The maximum atomic E-state index is 12.0. The van der Waals surface area contributed by atoms with Gasteiger partial charge in [0.25, 0.3) is 0 Å². The van der Waals surface area contributed by atoms with Crippen LogP contribution in [0.5, 0.6) is 0 Å². The highest BCUT2D eigenvalue weighted by Gasteiger charge is 2.39. The van der Waals surface area contributed by atoms with Gasteiger partial charge in [-0.15, -0.1) is 0 Å². The van der Waals surface area contributed by atoms with Gasteiger partial charge in [-0.3, -0.25) is 4.79 Å². The molecule has 0 rings (SSSR count). The molecule has 0 saturated heterocycles. The normalized spacial score (nSPS) is 16.9. The molecule has 1 N–H and O–H groups in total. The first-order chi connectivity index (χ1) is 7.34. The van der Waals surface area contributed by atoms with Gasteiger partial charge >= 0.3 is 5.97 Å². The first-order valence-electron chi connectivity index (χ1n) is 5.80. The SMILES string of the molecule is CC(C)C(C)(CCS(=O)(=O)C(C)(C)C)C(=O)O. The summed E-state index contributed by atoms with van der Waals surface area (Å²) in [7, 11) is -3.26. The molecule has 0 bridgehead atoms. The van der Waals surface area contributed by atoms with Crippen molar-refractivity contribution >= 4 is 15.8 Å². The Balaban J connectivity index is 4.95. The highest BCUT2D eigenvalue weighted by atomic mass is 32.2. The summed E-state index contributed by atoms with van der Waals surface area (Å²) in [6, 6.07) is 0. The van der Waals surface area contributed by atoms with Crippen molar-refractivity contribution in [3.8, 4) is 0 Å². The van der Waals surface area contributed by atoms with E-state index < -0.39 is 26.0 Å². The average molecular weight is 264 g/mol. The fourth-order valence-electron chi connectivity index (χ4n) is 1.30. The van der Waals surface area contributed by atoms with E-state index in [0.29, 0.717) is 0 Å². The Morgan fingerprint density at radius 1 is 1.18 bits per heavy atom. The minimum absolute atomic E-state index is 0.0858.